The summed E-state index contributed by atoms with van der Waals surface area (Å²) in [6.07, 6.45) is 0. The molecule has 27 heavy (non-hydrogen) atoms. The first-order chi connectivity index (χ1) is 13.2. The van der Waals surface area contributed by atoms with E-state index in [0.717, 1.165) is 20.8 Å². The first kappa shape index (κ1) is 17.3. The first-order valence-corrected chi connectivity index (χ1v) is 9.40. The molecule has 0 aliphatic rings. The van der Waals surface area contributed by atoms with Crippen LogP contribution in [0.25, 0.3) is 21.0 Å². The second kappa shape index (κ2) is 7.63. The average molecular weight is 378 g/mol. The van der Waals surface area contributed by atoms with E-state index in [-0.39, 0.29) is 12.5 Å². The fourth-order valence-corrected chi connectivity index (χ4v) is 3.59. The number of ether oxygens (including phenoxy) is 1. The van der Waals surface area contributed by atoms with E-state index < -0.39 is 0 Å². The van der Waals surface area contributed by atoms with Crippen LogP contribution in [0.5, 0.6) is 5.75 Å². The molecule has 0 unspecified atom stereocenters. The predicted molar refractivity (Wildman–Crippen MR) is 106 cm³/mol. The molecule has 5 nitrogen and oxygen atoms in total. The van der Waals surface area contributed by atoms with Gasteiger partial charge in [0.25, 0.3) is 5.91 Å². The van der Waals surface area contributed by atoms with Crippen LogP contribution in [0.4, 0.5) is 0 Å². The van der Waals surface area contributed by atoms with Crippen molar-refractivity contribution >= 4 is 27.5 Å². The highest BCUT2D eigenvalue weighted by atomic mass is 32.1. The number of aryl methyl sites for hydroxylation is 1. The number of rotatable bonds is 6. The Hall–Kier alpha value is -3.12. The Morgan fingerprint density at radius 3 is 2.78 bits per heavy atom. The largest absolute Gasteiger partial charge is 0.484 e. The van der Waals surface area contributed by atoms with E-state index in [2.05, 4.69) is 10.3 Å². The number of carbonyl (C=O) groups excluding carboxylic acids is 1. The maximum atomic E-state index is 12.0. The Labute approximate surface area is 160 Å². The third-order valence-corrected chi connectivity index (χ3v) is 5.13. The van der Waals surface area contributed by atoms with Crippen LogP contribution in [-0.4, -0.2) is 17.5 Å². The second-order valence-electron chi connectivity index (χ2n) is 6.08. The zero-order valence-corrected chi connectivity index (χ0v) is 15.6. The standard InChI is InChI=1S/C21H18N2O3S/c1-14-6-2-4-8-17(14)25-13-20(24)22-12-15-10-11-18(26-15)21-23-16-7-3-5-9-19(16)27-21/h2-11H,12-13H2,1H3,(H,22,24). The van der Waals surface area contributed by atoms with Gasteiger partial charge in [0.15, 0.2) is 17.4 Å². The number of thiazole rings is 1. The van der Waals surface area contributed by atoms with Gasteiger partial charge >= 0.3 is 0 Å². The van der Waals surface area contributed by atoms with Gasteiger partial charge in [-0.3, -0.25) is 4.79 Å². The summed E-state index contributed by atoms with van der Waals surface area (Å²) in [6, 6.07) is 19.3. The lowest BCUT2D eigenvalue weighted by Gasteiger charge is -2.08. The highest BCUT2D eigenvalue weighted by Gasteiger charge is 2.11. The van der Waals surface area contributed by atoms with Crippen LogP contribution in [0.15, 0.2) is 65.1 Å². The number of hydrogen-bond donors (Lipinski definition) is 1. The average Bonchev–Trinajstić information content (AvgIpc) is 3.32. The normalized spacial score (nSPS) is 10.9. The zero-order valence-electron chi connectivity index (χ0n) is 14.8. The minimum absolute atomic E-state index is 0.0315. The van der Waals surface area contributed by atoms with Crippen molar-refractivity contribution < 1.29 is 13.9 Å². The molecule has 0 aliphatic heterocycles. The SMILES string of the molecule is Cc1ccccc1OCC(=O)NCc1ccc(-c2nc3ccccc3s2)o1. The molecule has 2 aromatic heterocycles. The van der Waals surface area contributed by atoms with Gasteiger partial charge in [-0.1, -0.05) is 30.3 Å². The molecule has 6 heteroatoms. The number of hydrogen-bond acceptors (Lipinski definition) is 5. The lowest BCUT2D eigenvalue weighted by Crippen LogP contribution is -2.28. The van der Waals surface area contributed by atoms with Gasteiger partial charge < -0.3 is 14.5 Å². The third-order valence-electron chi connectivity index (χ3n) is 4.08. The molecule has 2 aromatic carbocycles. The lowest BCUT2D eigenvalue weighted by molar-refractivity contribution is -0.123. The van der Waals surface area contributed by atoms with Crippen LogP contribution in [0.2, 0.25) is 0 Å². The number of benzene rings is 2. The summed E-state index contributed by atoms with van der Waals surface area (Å²) >= 11 is 1.58. The minimum Gasteiger partial charge on any atom is -0.484 e. The number of para-hydroxylation sites is 2. The molecular weight excluding hydrogens is 360 g/mol. The molecule has 0 saturated heterocycles. The van der Waals surface area contributed by atoms with Crippen molar-refractivity contribution in [1.29, 1.82) is 0 Å². The number of nitrogens with one attached hydrogen (secondary N) is 1. The van der Waals surface area contributed by atoms with Gasteiger partial charge in [0.2, 0.25) is 0 Å². The van der Waals surface area contributed by atoms with Gasteiger partial charge in [-0.15, -0.1) is 11.3 Å². The van der Waals surface area contributed by atoms with Crippen LogP contribution in [0, 0.1) is 6.92 Å². The van der Waals surface area contributed by atoms with Crippen molar-refractivity contribution in [2.75, 3.05) is 6.61 Å². The zero-order chi connectivity index (χ0) is 18.6. The molecule has 0 radical (unpaired) electrons. The summed E-state index contributed by atoms with van der Waals surface area (Å²) in [5.41, 5.74) is 1.95. The highest BCUT2D eigenvalue weighted by Crippen LogP contribution is 2.31. The molecule has 0 saturated carbocycles. The quantitative estimate of drug-likeness (QED) is 0.534. The van der Waals surface area contributed by atoms with E-state index in [4.69, 9.17) is 9.15 Å². The van der Waals surface area contributed by atoms with Gasteiger partial charge in [0.1, 0.15) is 11.5 Å². The Kier molecular flexibility index (Phi) is 4.89. The molecule has 0 fully saturated rings. The number of nitrogens with zero attached hydrogens (tertiary/aromatic N) is 1. The monoisotopic (exact) mass is 378 g/mol. The molecule has 2 heterocycles. The summed E-state index contributed by atoms with van der Waals surface area (Å²) < 4.78 is 12.5. The molecule has 1 N–H and O–H groups in total. The van der Waals surface area contributed by atoms with Crippen molar-refractivity contribution in [2.24, 2.45) is 0 Å². The Balaban J connectivity index is 1.34. The van der Waals surface area contributed by atoms with Crippen molar-refractivity contribution in [1.82, 2.24) is 10.3 Å². The maximum absolute atomic E-state index is 12.0. The van der Waals surface area contributed by atoms with Gasteiger partial charge in [-0.05, 0) is 42.8 Å². The number of fused-ring (bicyclic) bond motifs is 1. The Morgan fingerprint density at radius 1 is 1.11 bits per heavy atom. The summed E-state index contributed by atoms with van der Waals surface area (Å²) in [5.74, 6) is 1.89. The van der Waals surface area contributed by atoms with Gasteiger partial charge in [0, 0.05) is 0 Å². The predicted octanol–water partition coefficient (Wildman–Crippen LogP) is 4.56. The van der Waals surface area contributed by atoms with E-state index in [0.29, 0.717) is 23.8 Å². The van der Waals surface area contributed by atoms with Crippen LogP contribution in [-0.2, 0) is 11.3 Å². The van der Waals surface area contributed by atoms with Gasteiger partial charge in [0.05, 0.1) is 16.8 Å². The highest BCUT2D eigenvalue weighted by molar-refractivity contribution is 7.21. The second-order valence-corrected chi connectivity index (χ2v) is 7.11. The van der Waals surface area contributed by atoms with Crippen molar-refractivity contribution in [2.45, 2.75) is 13.5 Å². The molecule has 136 valence electrons. The van der Waals surface area contributed by atoms with Crippen molar-refractivity contribution in [3.63, 3.8) is 0 Å². The van der Waals surface area contributed by atoms with E-state index in [9.17, 15) is 4.79 Å². The first-order valence-electron chi connectivity index (χ1n) is 8.59. The molecule has 4 rings (SSSR count). The number of amides is 1. The summed E-state index contributed by atoms with van der Waals surface area (Å²) in [6.45, 7) is 2.22. The fraction of sp³-hybridized carbons (Fsp3) is 0.143. The molecule has 4 aromatic rings. The molecule has 0 atom stereocenters. The molecule has 1 amide bonds. The van der Waals surface area contributed by atoms with Crippen LogP contribution < -0.4 is 10.1 Å². The lowest BCUT2D eigenvalue weighted by atomic mass is 10.2. The summed E-state index contributed by atoms with van der Waals surface area (Å²) in [4.78, 5) is 16.6. The van der Waals surface area contributed by atoms with Gasteiger partial charge in [-0.2, -0.15) is 0 Å². The smallest absolute Gasteiger partial charge is 0.258 e. The Bertz CT molecular complexity index is 1050. The van der Waals surface area contributed by atoms with Crippen LogP contribution >= 0.6 is 11.3 Å². The summed E-state index contributed by atoms with van der Waals surface area (Å²) in [5, 5.41) is 3.64. The van der Waals surface area contributed by atoms with Crippen molar-refractivity contribution in [3.8, 4) is 16.5 Å². The fourth-order valence-electron chi connectivity index (χ4n) is 2.66. The minimum atomic E-state index is -0.198. The molecule has 0 spiro atoms. The van der Waals surface area contributed by atoms with Crippen molar-refractivity contribution in [3.05, 3.63) is 72.0 Å². The van der Waals surface area contributed by atoms with E-state index in [1.807, 2.05) is 67.6 Å². The third kappa shape index (κ3) is 4.01. The Morgan fingerprint density at radius 2 is 1.93 bits per heavy atom. The maximum Gasteiger partial charge on any atom is 0.258 e. The van der Waals surface area contributed by atoms with Crippen LogP contribution in [0.1, 0.15) is 11.3 Å². The number of aromatic nitrogens is 1. The number of carbonyl (C=O) groups is 1. The molecular formula is C21H18N2O3S. The van der Waals surface area contributed by atoms with Gasteiger partial charge in [-0.25, -0.2) is 4.98 Å². The molecule has 0 bridgehead atoms. The van der Waals surface area contributed by atoms with E-state index in [1.54, 1.807) is 11.3 Å². The molecule has 0 aliphatic carbocycles. The topological polar surface area (TPSA) is 64.4 Å². The number of furan rings is 1. The van der Waals surface area contributed by atoms with E-state index in [1.165, 1.54) is 0 Å². The van der Waals surface area contributed by atoms with Crippen LogP contribution in [0.3, 0.4) is 0 Å². The van der Waals surface area contributed by atoms with E-state index >= 15 is 0 Å². The summed E-state index contributed by atoms with van der Waals surface area (Å²) in [7, 11) is 0.